The Kier molecular flexibility index (Phi) is 4.62. The van der Waals surface area contributed by atoms with Gasteiger partial charge in [-0.1, -0.05) is 6.07 Å². The molecule has 0 aliphatic carbocycles. The Bertz CT molecular complexity index is 883. The van der Waals surface area contributed by atoms with Crippen molar-refractivity contribution in [2.24, 2.45) is 0 Å². The number of ether oxygens (including phenoxy) is 1. The van der Waals surface area contributed by atoms with Crippen molar-refractivity contribution in [2.75, 3.05) is 38.2 Å². The number of hydrogen-bond donors (Lipinski definition) is 0. The zero-order chi connectivity index (χ0) is 17.9. The number of furan rings is 1. The predicted molar refractivity (Wildman–Crippen MR) is 101 cm³/mol. The average molecular weight is 369 g/mol. The summed E-state index contributed by atoms with van der Waals surface area (Å²) in [6.07, 6.45) is 1.61. The summed E-state index contributed by atoms with van der Waals surface area (Å²) in [6.45, 7) is 2.91. The number of nitrogens with zero attached hydrogens (tertiary/aromatic N) is 3. The van der Waals surface area contributed by atoms with Gasteiger partial charge >= 0.3 is 0 Å². The molecular weight excluding hydrogens is 350 g/mol. The third kappa shape index (κ3) is 3.30. The van der Waals surface area contributed by atoms with Crippen LogP contribution in [-0.4, -0.2) is 49.1 Å². The number of aromatic nitrogens is 1. The van der Waals surface area contributed by atoms with Gasteiger partial charge in [-0.3, -0.25) is 4.79 Å². The SMILES string of the molecule is COc1cccc(N2CCN(C(=O)c3csc(-c4ccco4)n3)CC2)c1. The van der Waals surface area contributed by atoms with Crippen LogP contribution in [0.3, 0.4) is 0 Å². The predicted octanol–water partition coefficient (Wildman–Crippen LogP) is 3.37. The van der Waals surface area contributed by atoms with E-state index < -0.39 is 0 Å². The van der Waals surface area contributed by atoms with E-state index in [0.717, 1.165) is 29.5 Å². The monoisotopic (exact) mass is 369 g/mol. The number of thiazole rings is 1. The molecule has 1 aliphatic heterocycles. The van der Waals surface area contributed by atoms with E-state index in [9.17, 15) is 4.79 Å². The van der Waals surface area contributed by atoms with E-state index in [1.165, 1.54) is 11.3 Å². The normalized spacial score (nSPS) is 14.5. The number of carbonyl (C=O) groups excluding carboxylic acids is 1. The van der Waals surface area contributed by atoms with Gasteiger partial charge in [-0.15, -0.1) is 11.3 Å². The van der Waals surface area contributed by atoms with Crippen molar-refractivity contribution in [3.8, 4) is 16.5 Å². The van der Waals surface area contributed by atoms with Crippen molar-refractivity contribution < 1.29 is 13.9 Å². The fourth-order valence-corrected chi connectivity index (χ4v) is 3.78. The van der Waals surface area contributed by atoms with Crippen LogP contribution < -0.4 is 9.64 Å². The summed E-state index contributed by atoms with van der Waals surface area (Å²) in [4.78, 5) is 21.3. The van der Waals surface area contributed by atoms with Crippen molar-refractivity contribution in [3.05, 3.63) is 53.7 Å². The van der Waals surface area contributed by atoms with Crippen LogP contribution >= 0.6 is 11.3 Å². The van der Waals surface area contributed by atoms with Crippen LogP contribution in [0.4, 0.5) is 5.69 Å². The van der Waals surface area contributed by atoms with Crippen LogP contribution in [0.5, 0.6) is 5.75 Å². The van der Waals surface area contributed by atoms with Gasteiger partial charge in [0.15, 0.2) is 10.8 Å². The van der Waals surface area contributed by atoms with E-state index in [1.807, 2.05) is 35.2 Å². The number of hydrogen-bond acceptors (Lipinski definition) is 6. The van der Waals surface area contributed by atoms with Gasteiger partial charge in [0, 0.05) is 43.3 Å². The lowest BCUT2D eigenvalue weighted by atomic mass is 10.2. The zero-order valence-corrected chi connectivity index (χ0v) is 15.2. The first-order valence-corrected chi connectivity index (χ1v) is 9.30. The Balaban J connectivity index is 1.40. The number of methoxy groups -OCH3 is 1. The maximum Gasteiger partial charge on any atom is 0.273 e. The van der Waals surface area contributed by atoms with E-state index in [-0.39, 0.29) is 5.91 Å². The summed E-state index contributed by atoms with van der Waals surface area (Å²) in [5.41, 5.74) is 1.60. The molecule has 0 unspecified atom stereocenters. The first-order valence-electron chi connectivity index (χ1n) is 8.42. The molecule has 4 rings (SSSR count). The molecule has 1 aliphatic rings. The third-order valence-corrected chi connectivity index (χ3v) is 5.30. The number of rotatable bonds is 4. The molecule has 0 bridgehead atoms. The van der Waals surface area contributed by atoms with Gasteiger partial charge in [-0.05, 0) is 24.3 Å². The zero-order valence-electron chi connectivity index (χ0n) is 14.4. The van der Waals surface area contributed by atoms with Crippen molar-refractivity contribution in [2.45, 2.75) is 0 Å². The number of anilines is 1. The lowest BCUT2D eigenvalue weighted by Crippen LogP contribution is -2.48. The summed E-state index contributed by atoms with van der Waals surface area (Å²) in [5.74, 6) is 1.51. The number of piperazine rings is 1. The second-order valence-electron chi connectivity index (χ2n) is 6.00. The number of carbonyl (C=O) groups is 1. The molecule has 0 saturated carbocycles. The fraction of sp³-hybridized carbons (Fsp3) is 0.263. The molecule has 0 spiro atoms. The van der Waals surface area contributed by atoms with Gasteiger partial charge in [0.2, 0.25) is 0 Å². The van der Waals surface area contributed by atoms with E-state index in [1.54, 1.807) is 18.8 Å². The quantitative estimate of drug-likeness (QED) is 0.706. The highest BCUT2D eigenvalue weighted by atomic mass is 32.1. The van der Waals surface area contributed by atoms with E-state index >= 15 is 0 Å². The molecule has 1 fully saturated rings. The maximum absolute atomic E-state index is 12.7. The Labute approximate surface area is 155 Å². The number of benzene rings is 1. The van der Waals surface area contributed by atoms with Crippen molar-refractivity contribution in [3.63, 3.8) is 0 Å². The Morgan fingerprint density at radius 1 is 1.19 bits per heavy atom. The molecule has 3 heterocycles. The minimum atomic E-state index is -0.0238. The van der Waals surface area contributed by atoms with Gasteiger partial charge in [0.1, 0.15) is 11.4 Å². The highest BCUT2D eigenvalue weighted by Gasteiger charge is 2.24. The van der Waals surface area contributed by atoms with Crippen LogP contribution in [-0.2, 0) is 0 Å². The van der Waals surface area contributed by atoms with Crippen molar-refractivity contribution in [1.82, 2.24) is 9.88 Å². The van der Waals surface area contributed by atoms with Gasteiger partial charge < -0.3 is 19.0 Å². The second kappa shape index (κ2) is 7.21. The average Bonchev–Trinajstić information content (AvgIpc) is 3.39. The smallest absolute Gasteiger partial charge is 0.273 e. The molecule has 0 atom stereocenters. The topological polar surface area (TPSA) is 58.8 Å². The molecule has 1 saturated heterocycles. The van der Waals surface area contributed by atoms with Gasteiger partial charge in [0.05, 0.1) is 13.4 Å². The Morgan fingerprint density at radius 2 is 2.04 bits per heavy atom. The van der Waals surface area contributed by atoms with Gasteiger partial charge in [-0.2, -0.15) is 0 Å². The summed E-state index contributed by atoms with van der Waals surface area (Å²) in [6, 6.07) is 11.7. The molecule has 3 aromatic rings. The molecule has 0 N–H and O–H groups in total. The summed E-state index contributed by atoms with van der Waals surface area (Å²) >= 11 is 1.42. The maximum atomic E-state index is 12.7. The first kappa shape index (κ1) is 16.7. The van der Waals surface area contributed by atoms with Gasteiger partial charge in [-0.25, -0.2) is 4.98 Å². The third-order valence-electron chi connectivity index (χ3n) is 4.44. The molecule has 0 radical (unpaired) electrons. The van der Waals surface area contributed by atoms with Crippen molar-refractivity contribution >= 4 is 22.9 Å². The van der Waals surface area contributed by atoms with Crippen LogP contribution in [0.25, 0.3) is 10.8 Å². The standard InChI is InChI=1S/C19H19N3O3S/c1-24-15-5-2-4-14(12-15)21-7-9-22(10-8-21)19(23)16-13-26-18(20-16)17-6-3-11-25-17/h2-6,11-13H,7-10H2,1H3. The molecule has 134 valence electrons. The summed E-state index contributed by atoms with van der Waals surface area (Å²) in [7, 11) is 1.67. The Hall–Kier alpha value is -2.80. The van der Waals surface area contributed by atoms with Crippen LogP contribution in [0.2, 0.25) is 0 Å². The van der Waals surface area contributed by atoms with Crippen LogP contribution in [0, 0.1) is 0 Å². The summed E-state index contributed by atoms with van der Waals surface area (Å²) in [5, 5.41) is 2.53. The largest absolute Gasteiger partial charge is 0.497 e. The lowest BCUT2D eigenvalue weighted by molar-refractivity contribution is 0.0741. The lowest BCUT2D eigenvalue weighted by Gasteiger charge is -2.35. The van der Waals surface area contributed by atoms with E-state index in [4.69, 9.17) is 9.15 Å². The Morgan fingerprint density at radius 3 is 2.77 bits per heavy atom. The molecule has 7 heteroatoms. The molecule has 2 aromatic heterocycles. The minimum absolute atomic E-state index is 0.0238. The molecule has 1 amide bonds. The minimum Gasteiger partial charge on any atom is -0.497 e. The first-order chi connectivity index (χ1) is 12.7. The summed E-state index contributed by atoms with van der Waals surface area (Å²) < 4.78 is 10.6. The fourth-order valence-electron chi connectivity index (χ4n) is 3.02. The van der Waals surface area contributed by atoms with Crippen molar-refractivity contribution in [1.29, 1.82) is 0 Å². The highest BCUT2D eigenvalue weighted by molar-refractivity contribution is 7.13. The second-order valence-corrected chi connectivity index (χ2v) is 6.85. The van der Waals surface area contributed by atoms with E-state index in [0.29, 0.717) is 24.5 Å². The molecule has 26 heavy (non-hydrogen) atoms. The van der Waals surface area contributed by atoms with Crippen LogP contribution in [0.1, 0.15) is 10.5 Å². The molecule has 6 nitrogen and oxygen atoms in total. The molecular formula is C19H19N3O3S. The highest BCUT2D eigenvalue weighted by Crippen LogP contribution is 2.25. The van der Waals surface area contributed by atoms with E-state index in [2.05, 4.69) is 16.0 Å². The van der Waals surface area contributed by atoms with Gasteiger partial charge in [0.25, 0.3) is 5.91 Å². The van der Waals surface area contributed by atoms with Crippen LogP contribution in [0.15, 0.2) is 52.5 Å². The number of amides is 1. The molecule has 1 aromatic carbocycles.